The fraction of sp³-hybridized carbons (Fsp3) is 0.308. The van der Waals surface area contributed by atoms with Crippen molar-refractivity contribution < 1.29 is 28.6 Å². The van der Waals surface area contributed by atoms with Crippen molar-refractivity contribution in [1.29, 1.82) is 0 Å². The Hall–Kier alpha value is -2.37. The number of carbonyl (C=O) groups excluding carboxylic acids is 3. The molecule has 98 valence electrons. The maximum Gasteiger partial charge on any atom is 0.375 e. The van der Waals surface area contributed by atoms with Crippen molar-refractivity contribution in [3.05, 3.63) is 23.3 Å². The number of fused-ring (bicyclic) bond motifs is 2. The number of ether oxygens (including phenoxy) is 3. The fourth-order valence-corrected chi connectivity index (χ4v) is 2.34. The molecule has 0 aromatic heterocycles. The summed E-state index contributed by atoms with van der Waals surface area (Å²) in [6.45, 7) is 0.122. The first-order valence-corrected chi connectivity index (χ1v) is 5.70. The first-order valence-electron chi connectivity index (χ1n) is 5.70. The Morgan fingerprint density at radius 1 is 1.26 bits per heavy atom. The summed E-state index contributed by atoms with van der Waals surface area (Å²) >= 11 is 0. The Balaban J connectivity index is 1.94. The predicted octanol–water partition coefficient (Wildman–Crippen LogP) is 0.512. The van der Waals surface area contributed by atoms with Gasteiger partial charge in [-0.2, -0.15) is 0 Å². The molecule has 0 fully saturated rings. The van der Waals surface area contributed by atoms with Crippen LogP contribution in [0.25, 0.3) is 0 Å². The van der Waals surface area contributed by atoms with Crippen molar-refractivity contribution >= 4 is 17.5 Å². The molecule has 1 aliphatic carbocycles. The second-order valence-corrected chi connectivity index (χ2v) is 4.34. The van der Waals surface area contributed by atoms with E-state index in [0.29, 0.717) is 22.6 Å². The van der Waals surface area contributed by atoms with Crippen LogP contribution in [0.1, 0.15) is 15.9 Å². The van der Waals surface area contributed by atoms with E-state index < -0.39 is 17.7 Å². The van der Waals surface area contributed by atoms with E-state index in [2.05, 4.69) is 4.74 Å². The second-order valence-electron chi connectivity index (χ2n) is 4.34. The maximum absolute atomic E-state index is 12.1. The zero-order chi connectivity index (χ0) is 13.6. The molecule has 0 spiro atoms. The summed E-state index contributed by atoms with van der Waals surface area (Å²) in [7, 11) is 1.11. The lowest BCUT2D eigenvalue weighted by atomic mass is 10.00. The minimum Gasteiger partial charge on any atom is -0.463 e. The molecule has 2 aliphatic rings. The molecule has 0 saturated heterocycles. The smallest absolute Gasteiger partial charge is 0.375 e. The van der Waals surface area contributed by atoms with Crippen LogP contribution < -0.4 is 9.47 Å². The molecule has 1 aromatic rings. The number of hydrogen-bond donors (Lipinski definition) is 0. The summed E-state index contributed by atoms with van der Waals surface area (Å²) < 4.78 is 14.8. The summed E-state index contributed by atoms with van der Waals surface area (Å²) in [5.74, 6) is -2.14. The van der Waals surface area contributed by atoms with Gasteiger partial charge < -0.3 is 14.2 Å². The molecule has 1 atom stereocenters. The highest BCUT2D eigenvalue weighted by atomic mass is 16.7. The molecule has 0 bridgehead atoms. The van der Waals surface area contributed by atoms with Gasteiger partial charge >= 0.3 is 5.97 Å². The molecule has 0 radical (unpaired) electrons. The Morgan fingerprint density at radius 2 is 1.95 bits per heavy atom. The summed E-state index contributed by atoms with van der Waals surface area (Å²) in [4.78, 5) is 35.1. The van der Waals surface area contributed by atoms with Gasteiger partial charge in [-0.25, -0.2) is 4.79 Å². The lowest BCUT2D eigenvalue weighted by Gasteiger charge is -2.03. The summed E-state index contributed by atoms with van der Waals surface area (Å²) in [6, 6.07) is 3.24. The highest BCUT2D eigenvalue weighted by molar-refractivity contribution is 6.40. The molecule has 1 heterocycles. The molecule has 0 saturated carbocycles. The molecule has 6 heteroatoms. The number of Topliss-reactive ketones (excluding diaryl/α,β-unsaturated/α-hetero) is 2. The standard InChI is InChI=1S/C13H10O6/c1-17-13(16)12(15)8-2-6-3-9-10(19-5-18-9)4-7(6)11(8)14/h3-4,8H,2,5H2,1H3. The van der Waals surface area contributed by atoms with Crippen LogP contribution >= 0.6 is 0 Å². The van der Waals surface area contributed by atoms with Crippen LogP contribution in [-0.2, 0) is 20.7 Å². The topological polar surface area (TPSA) is 78.9 Å². The fourth-order valence-electron chi connectivity index (χ4n) is 2.34. The molecule has 1 aromatic carbocycles. The van der Waals surface area contributed by atoms with E-state index in [1.807, 2.05) is 0 Å². The molecule has 19 heavy (non-hydrogen) atoms. The number of carbonyl (C=O) groups is 3. The third kappa shape index (κ3) is 1.68. The van der Waals surface area contributed by atoms with Gasteiger partial charge in [0.15, 0.2) is 17.3 Å². The summed E-state index contributed by atoms with van der Waals surface area (Å²) in [5.41, 5.74) is 1.10. The van der Waals surface area contributed by atoms with Gasteiger partial charge in [-0.15, -0.1) is 0 Å². The van der Waals surface area contributed by atoms with Gasteiger partial charge in [0.2, 0.25) is 6.79 Å². The zero-order valence-corrected chi connectivity index (χ0v) is 10.1. The number of ketones is 2. The first kappa shape index (κ1) is 11.7. The van der Waals surface area contributed by atoms with Gasteiger partial charge in [0.05, 0.1) is 13.0 Å². The molecular weight excluding hydrogens is 252 g/mol. The molecule has 3 rings (SSSR count). The number of hydrogen-bond acceptors (Lipinski definition) is 6. The van der Waals surface area contributed by atoms with Crippen LogP contribution in [0.5, 0.6) is 11.5 Å². The number of rotatable bonds is 2. The van der Waals surface area contributed by atoms with Crippen LogP contribution in [0.3, 0.4) is 0 Å². The van der Waals surface area contributed by atoms with Crippen molar-refractivity contribution in [2.24, 2.45) is 5.92 Å². The van der Waals surface area contributed by atoms with E-state index >= 15 is 0 Å². The van der Waals surface area contributed by atoms with Gasteiger partial charge in [0, 0.05) is 5.56 Å². The second kappa shape index (κ2) is 4.08. The number of methoxy groups -OCH3 is 1. The summed E-state index contributed by atoms with van der Waals surface area (Å²) in [5, 5.41) is 0. The third-order valence-corrected chi connectivity index (χ3v) is 3.31. The van der Waals surface area contributed by atoms with Crippen molar-refractivity contribution in [2.75, 3.05) is 13.9 Å². The van der Waals surface area contributed by atoms with E-state index in [-0.39, 0.29) is 19.0 Å². The molecule has 0 amide bonds. The Labute approximate surface area is 108 Å². The van der Waals surface area contributed by atoms with Crippen molar-refractivity contribution in [3.8, 4) is 11.5 Å². The van der Waals surface area contributed by atoms with Crippen LogP contribution in [0.2, 0.25) is 0 Å². The quantitative estimate of drug-likeness (QED) is 0.439. The Kier molecular flexibility index (Phi) is 2.51. The van der Waals surface area contributed by atoms with E-state index in [1.54, 1.807) is 12.1 Å². The van der Waals surface area contributed by atoms with Gasteiger partial charge in [-0.05, 0) is 24.1 Å². The Bertz CT molecular complexity index is 603. The Morgan fingerprint density at radius 3 is 2.63 bits per heavy atom. The summed E-state index contributed by atoms with van der Waals surface area (Å²) in [6.07, 6.45) is 0.193. The highest BCUT2D eigenvalue weighted by Crippen LogP contribution is 2.39. The van der Waals surface area contributed by atoms with Crippen LogP contribution in [-0.4, -0.2) is 31.4 Å². The average Bonchev–Trinajstić information content (AvgIpc) is 2.99. The lowest BCUT2D eigenvalue weighted by molar-refractivity contribution is -0.152. The van der Waals surface area contributed by atoms with Crippen LogP contribution in [0.4, 0.5) is 0 Å². The monoisotopic (exact) mass is 262 g/mol. The number of esters is 1. The minimum atomic E-state index is -0.995. The average molecular weight is 262 g/mol. The van der Waals surface area contributed by atoms with Crippen LogP contribution in [0, 0.1) is 5.92 Å². The molecule has 1 aliphatic heterocycles. The minimum absolute atomic E-state index is 0.122. The van der Waals surface area contributed by atoms with E-state index in [9.17, 15) is 14.4 Å². The van der Waals surface area contributed by atoms with Gasteiger partial charge in [-0.1, -0.05) is 0 Å². The van der Waals surface area contributed by atoms with E-state index in [1.165, 1.54) is 0 Å². The van der Waals surface area contributed by atoms with Crippen molar-refractivity contribution in [1.82, 2.24) is 0 Å². The third-order valence-electron chi connectivity index (χ3n) is 3.31. The molecule has 1 unspecified atom stereocenters. The van der Waals surface area contributed by atoms with Crippen LogP contribution in [0.15, 0.2) is 12.1 Å². The van der Waals surface area contributed by atoms with Gasteiger partial charge in [-0.3, -0.25) is 9.59 Å². The highest BCUT2D eigenvalue weighted by Gasteiger charge is 2.40. The first-order chi connectivity index (χ1) is 9.11. The van der Waals surface area contributed by atoms with E-state index in [4.69, 9.17) is 9.47 Å². The van der Waals surface area contributed by atoms with E-state index in [0.717, 1.165) is 7.11 Å². The normalized spacial score (nSPS) is 19.2. The number of benzene rings is 1. The lowest BCUT2D eigenvalue weighted by Crippen LogP contribution is -2.29. The zero-order valence-electron chi connectivity index (χ0n) is 10.1. The molecule has 0 N–H and O–H groups in total. The van der Waals surface area contributed by atoms with Gasteiger partial charge in [0.1, 0.15) is 0 Å². The molecular formula is C13H10O6. The van der Waals surface area contributed by atoms with Crippen molar-refractivity contribution in [2.45, 2.75) is 6.42 Å². The maximum atomic E-state index is 12.1. The van der Waals surface area contributed by atoms with Gasteiger partial charge in [0.25, 0.3) is 5.78 Å². The molecule has 6 nitrogen and oxygen atoms in total. The SMILES string of the molecule is COC(=O)C(=O)C1Cc2cc3c(cc2C1=O)OCO3. The predicted molar refractivity (Wildman–Crippen MR) is 61.1 cm³/mol. The van der Waals surface area contributed by atoms with Crippen molar-refractivity contribution in [3.63, 3.8) is 0 Å². The largest absolute Gasteiger partial charge is 0.463 e.